The molecule has 0 aromatic heterocycles. The lowest BCUT2D eigenvalue weighted by Crippen LogP contribution is -2.45. The van der Waals surface area contributed by atoms with Crippen LogP contribution in [-0.2, 0) is 9.53 Å². The Morgan fingerprint density at radius 1 is 1.44 bits per heavy atom. The zero-order valence-electron chi connectivity index (χ0n) is 15.2. The van der Waals surface area contributed by atoms with Crippen LogP contribution in [0.2, 0.25) is 0 Å². The van der Waals surface area contributed by atoms with Gasteiger partial charge < -0.3 is 14.7 Å². The third-order valence-corrected chi connectivity index (χ3v) is 6.27. The number of nitro benzene ring substituents is 1. The smallest absolute Gasteiger partial charge is 0.311 e. The van der Waals surface area contributed by atoms with Crippen molar-refractivity contribution in [2.75, 3.05) is 26.3 Å². The van der Waals surface area contributed by atoms with E-state index in [1.165, 1.54) is 28.8 Å². The van der Waals surface area contributed by atoms with Crippen molar-refractivity contribution in [3.8, 4) is 0 Å². The van der Waals surface area contributed by atoms with Gasteiger partial charge in [0.15, 0.2) is 0 Å². The second kappa shape index (κ2) is 7.47. The van der Waals surface area contributed by atoms with Crippen LogP contribution in [0.5, 0.6) is 0 Å². The zero-order valence-corrected chi connectivity index (χ0v) is 16.0. The highest BCUT2D eigenvalue weighted by molar-refractivity contribution is 8.00. The van der Waals surface area contributed by atoms with E-state index >= 15 is 0 Å². The third-order valence-electron chi connectivity index (χ3n) is 5.19. The maximum absolute atomic E-state index is 13.2. The number of carbonyl (C=O) groups excluding carboxylic acids is 1. The highest BCUT2D eigenvalue weighted by Gasteiger charge is 2.55. The number of aliphatic carboxylic acids is 1. The van der Waals surface area contributed by atoms with Crippen LogP contribution < -0.4 is 0 Å². The van der Waals surface area contributed by atoms with Gasteiger partial charge in [0, 0.05) is 47.9 Å². The Labute approximate surface area is 161 Å². The number of ether oxygens (including phenoxy) is 1. The summed E-state index contributed by atoms with van der Waals surface area (Å²) < 4.78 is 5.42. The van der Waals surface area contributed by atoms with Gasteiger partial charge in [0.05, 0.1) is 22.5 Å². The first-order chi connectivity index (χ1) is 12.7. The first kappa shape index (κ1) is 19.6. The lowest BCUT2D eigenvalue weighted by molar-refractivity contribution is -0.384. The van der Waals surface area contributed by atoms with E-state index in [1.54, 1.807) is 6.07 Å². The summed E-state index contributed by atoms with van der Waals surface area (Å²) >= 11 is 1.45. The number of carboxylic acid groups (broad SMARTS) is 1. The molecule has 27 heavy (non-hydrogen) atoms. The second-order valence-corrected chi connectivity index (χ2v) is 8.89. The van der Waals surface area contributed by atoms with E-state index in [1.807, 2.05) is 13.8 Å². The van der Waals surface area contributed by atoms with Crippen molar-refractivity contribution in [1.29, 1.82) is 0 Å². The van der Waals surface area contributed by atoms with Crippen LogP contribution >= 0.6 is 11.8 Å². The SMILES string of the molecule is CC(C)Sc1ccc([N+](=O)[O-])cc1C(=O)N1C[C@H]2COCC[C@@]2(C(=O)O)C1. The summed E-state index contributed by atoms with van der Waals surface area (Å²) in [6.45, 7) is 4.99. The van der Waals surface area contributed by atoms with Crippen molar-refractivity contribution >= 4 is 29.3 Å². The number of benzene rings is 1. The summed E-state index contributed by atoms with van der Waals surface area (Å²) in [6.07, 6.45) is 0.360. The molecule has 0 bridgehead atoms. The van der Waals surface area contributed by atoms with E-state index < -0.39 is 16.3 Å². The van der Waals surface area contributed by atoms with Crippen molar-refractivity contribution < 1.29 is 24.4 Å². The molecule has 2 heterocycles. The average Bonchev–Trinajstić information content (AvgIpc) is 3.02. The summed E-state index contributed by atoms with van der Waals surface area (Å²) in [5.74, 6) is -1.55. The van der Waals surface area contributed by atoms with Gasteiger partial charge >= 0.3 is 5.97 Å². The van der Waals surface area contributed by atoms with Gasteiger partial charge in [-0.05, 0) is 12.5 Å². The Bertz CT molecular complexity index is 783. The average molecular weight is 394 g/mol. The van der Waals surface area contributed by atoms with E-state index in [2.05, 4.69) is 0 Å². The molecule has 8 nitrogen and oxygen atoms in total. The monoisotopic (exact) mass is 394 g/mol. The van der Waals surface area contributed by atoms with E-state index in [0.717, 1.165) is 0 Å². The van der Waals surface area contributed by atoms with E-state index in [0.29, 0.717) is 24.5 Å². The van der Waals surface area contributed by atoms with E-state index in [9.17, 15) is 24.8 Å². The van der Waals surface area contributed by atoms with Gasteiger partial charge in [-0.2, -0.15) is 0 Å². The van der Waals surface area contributed by atoms with Gasteiger partial charge in [-0.1, -0.05) is 13.8 Å². The summed E-state index contributed by atoms with van der Waals surface area (Å²) in [6, 6.07) is 4.27. The number of carboxylic acids is 1. The highest BCUT2D eigenvalue weighted by atomic mass is 32.2. The van der Waals surface area contributed by atoms with Crippen LogP contribution in [0.4, 0.5) is 5.69 Å². The molecule has 2 atom stereocenters. The van der Waals surface area contributed by atoms with Crippen LogP contribution in [0.1, 0.15) is 30.6 Å². The van der Waals surface area contributed by atoms with E-state index in [-0.39, 0.29) is 41.4 Å². The van der Waals surface area contributed by atoms with Crippen molar-refractivity contribution in [3.05, 3.63) is 33.9 Å². The number of rotatable bonds is 5. The number of likely N-dealkylation sites (tertiary alicyclic amines) is 1. The van der Waals surface area contributed by atoms with Gasteiger partial charge in [-0.15, -0.1) is 11.8 Å². The quantitative estimate of drug-likeness (QED) is 0.464. The Balaban J connectivity index is 1.94. The summed E-state index contributed by atoms with van der Waals surface area (Å²) in [7, 11) is 0. The lowest BCUT2D eigenvalue weighted by atomic mass is 9.74. The lowest BCUT2D eigenvalue weighted by Gasteiger charge is -2.33. The number of carbonyl (C=O) groups is 2. The van der Waals surface area contributed by atoms with Crippen LogP contribution in [0, 0.1) is 21.4 Å². The molecule has 1 aromatic carbocycles. The molecule has 2 fully saturated rings. The fourth-order valence-corrected chi connectivity index (χ4v) is 4.71. The van der Waals surface area contributed by atoms with Gasteiger partial charge in [-0.25, -0.2) is 0 Å². The molecule has 2 aliphatic heterocycles. The number of hydrogen-bond acceptors (Lipinski definition) is 6. The topological polar surface area (TPSA) is 110 Å². The predicted molar refractivity (Wildman–Crippen MR) is 99.0 cm³/mol. The van der Waals surface area contributed by atoms with Crippen molar-refractivity contribution in [2.24, 2.45) is 11.3 Å². The Hall–Kier alpha value is -2.13. The normalized spacial score (nSPS) is 24.7. The Morgan fingerprint density at radius 3 is 2.78 bits per heavy atom. The van der Waals surface area contributed by atoms with Crippen molar-refractivity contribution in [2.45, 2.75) is 30.4 Å². The van der Waals surface area contributed by atoms with Crippen molar-refractivity contribution in [1.82, 2.24) is 4.90 Å². The standard InChI is InChI=1S/C18H22N2O6S/c1-11(2)27-15-4-3-13(20(24)25)7-14(15)16(21)19-8-12-9-26-6-5-18(12,10-19)17(22)23/h3-4,7,11-12H,5-6,8-10H2,1-2H3,(H,22,23)/t12-,18+/m0/s1. The highest BCUT2D eigenvalue weighted by Crippen LogP contribution is 2.43. The second-order valence-electron chi connectivity index (χ2n) is 7.27. The largest absolute Gasteiger partial charge is 0.481 e. The number of nitro groups is 1. The molecule has 0 saturated carbocycles. The molecule has 0 unspecified atom stereocenters. The van der Waals surface area contributed by atoms with Crippen LogP contribution in [0.25, 0.3) is 0 Å². The van der Waals surface area contributed by atoms with Crippen LogP contribution in [-0.4, -0.2) is 58.4 Å². The molecular weight excluding hydrogens is 372 g/mol. The minimum Gasteiger partial charge on any atom is -0.481 e. The van der Waals surface area contributed by atoms with Crippen molar-refractivity contribution in [3.63, 3.8) is 0 Å². The maximum atomic E-state index is 13.2. The number of non-ortho nitro benzene ring substituents is 1. The van der Waals surface area contributed by atoms with Crippen LogP contribution in [0.15, 0.2) is 23.1 Å². The predicted octanol–water partition coefficient (Wildman–Crippen LogP) is 2.66. The van der Waals surface area contributed by atoms with Gasteiger partial charge in [0.2, 0.25) is 0 Å². The fraction of sp³-hybridized carbons (Fsp3) is 0.556. The summed E-state index contributed by atoms with van der Waals surface area (Å²) in [4.78, 5) is 37.9. The summed E-state index contributed by atoms with van der Waals surface area (Å²) in [5.41, 5.74) is -0.901. The molecule has 9 heteroatoms. The van der Waals surface area contributed by atoms with Gasteiger partial charge in [0.25, 0.3) is 11.6 Å². The molecule has 2 saturated heterocycles. The molecule has 1 N–H and O–H groups in total. The number of thioether (sulfide) groups is 1. The molecule has 1 aromatic rings. The van der Waals surface area contributed by atoms with Crippen LogP contribution in [0.3, 0.4) is 0 Å². The van der Waals surface area contributed by atoms with E-state index in [4.69, 9.17) is 4.74 Å². The molecule has 146 valence electrons. The number of amides is 1. The molecule has 0 radical (unpaired) electrons. The molecule has 0 aliphatic carbocycles. The van der Waals surface area contributed by atoms with Gasteiger partial charge in [0.1, 0.15) is 0 Å². The first-order valence-electron chi connectivity index (χ1n) is 8.80. The number of nitrogens with zero attached hydrogens (tertiary/aromatic N) is 2. The fourth-order valence-electron chi connectivity index (χ4n) is 3.78. The molecule has 3 rings (SSSR count). The minimum atomic E-state index is -1.00. The molecule has 0 spiro atoms. The number of hydrogen-bond donors (Lipinski definition) is 1. The first-order valence-corrected chi connectivity index (χ1v) is 9.68. The molecule has 1 amide bonds. The number of fused-ring (bicyclic) bond motifs is 1. The Morgan fingerprint density at radius 2 is 2.19 bits per heavy atom. The maximum Gasteiger partial charge on any atom is 0.311 e. The third kappa shape index (κ3) is 3.66. The van der Waals surface area contributed by atoms with Gasteiger partial charge in [-0.3, -0.25) is 19.7 Å². The molecule has 2 aliphatic rings. The zero-order chi connectivity index (χ0) is 19.8. The minimum absolute atomic E-state index is 0.101. The Kier molecular flexibility index (Phi) is 5.43. The molecular formula is C18H22N2O6S. The summed E-state index contributed by atoms with van der Waals surface area (Å²) in [5, 5.41) is 21.1.